The van der Waals surface area contributed by atoms with Crippen molar-refractivity contribution in [3.8, 4) is 0 Å². The molecule has 0 aliphatic carbocycles. The summed E-state index contributed by atoms with van der Waals surface area (Å²) < 4.78 is 68.6. The number of carbonyl (C=O) groups is 4. The predicted molar refractivity (Wildman–Crippen MR) is 418 cm³/mol. The van der Waals surface area contributed by atoms with Gasteiger partial charge in [0.15, 0.2) is 12.2 Å². The van der Waals surface area contributed by atoms with E-state index in [0.29, 0.717) is 32.1 Å². The van der Waals surface area contributed by atoms with Crippen LogP contribution in [-0.2, 0) is 65.4 Å². The van der Waals surface area contributed by atoms with Gasteiger partial charge in [0.1, 0.15) is 19.3 Å². The smallest absolute Gasteiger partial charge is 0.462 e. The molecule has 5 atom stereocenters. The number of esters is 4. The largest absolute Gasteiger partial charge is 0.472 e. The minimum Gasteiger partial charge on any atom is -0.462 e. The highest BCUT2D eigenvalue weighted by Crippen LogP contribution is 2.45. The van der Waals surface area contributed by atoms with E-state index in [-0.39, 0.29) is 25.7 Å². The topological polar surface area (TPSA) is 237 Å². The minimum absolute atomic E-state index is 0.0895. The Morgan fingerprint density at radius 1 is 0.275 bits per heavy atom. The van der Waals surface area contributed by atoms with Crippen molar-refractivity contribution in [2.75, 3.05) is 39.6 Å². The van der Waals surface area contributed by atoms with Gasteiger partial charge in [0.2, 0.25) is 0 Å². The summed E-state index contributed by atoms with van der Waals surface area (Å²) in [6, 6.07) is 0. The summed E-state index contributed by atoms with van der Waals surface area (Å²) in [6.07, 6.45) is 76.3. The Labute approximate surface area is 622 Å². The molecule has 0 aliphatic heterocycles. The molecule has 3 N–H and O–H groups in total. The molecular formula is C83H152O17P2. The van der Waals surface area contributed by atoms with Crippen molar-refractivity contribution in [2.45, 2.75) is 406 Å². The van der Waals surface area contributed by atoms with Crippen LogP contribution in [-0.4, -0.2) is 96.7 Å². The Morgan fingerprint density at radius 2 is 0.490 bits per heavy atom. The van der Waals surface area contributed by atoms with Crippen LogP contribution in [0.15, 0.2) is 60.8 Å². The van der Waals surface area contributed by atoms with E-state index in [1.165, 1.54) is 193 Å². The van der Waals surface area contributed by atoms with Crippen LogP contribution in [0.2, 0.25) is 0 Å². The predicted octanol–water partition coefficient (Wildman–Crippen LogP) is 24.2. The highest BCUT2D eigenvalue weighted by atomic mass is 31.2. The number of phosphoric acid groups is 2. The zero-order valence-corrected chi connectivity index (χ0v) is 67.1. The maximum atomic E-state index is 13.1. The van der Waals surface area contributed by atoms with E-state index < -0.39 is 97.5 Å². The number of aliphatic hydroxyl groups excluding tert-OH is 1. The Hall–Kier alpha value is -3.24. The molecule has 17 nitrogen and oxygen atoms in total. The van der Waals surface area contributed by atoms with Crippen LogP contribution in [0.25, 0.3) is 0 Å². The maximum Gasteiger partial charge on any atom is 0.472 e. The minimum atomic E-state index is -4.98. The normalized spacial score (nSPS) is 14.1. The van der Waals surface area contributed by atoms with E-state index in [9.17, 15) is 43.2 Å². The third-order valence-electron chi connectivity index (χ3n) is 18.0. The summed E-state index contributed by atoms with van der Waals surface area (Å²) in [7, 11) is -9.96. The molecule has 0 heterocycles. The zero-order valence-electron chi connectivity index (χ0n) is 65.3. The van der Waals surface area contributed by atoms with Crippen LogP contribution in [0.1, 0.15) is 387 Å². The van der Waals surface area contributed by atoms with Gasteiger partial charge in [-0.05, 0) is 89.9 Å². The van der Waals surface area contributed by atoms with Crippen LogP contribution in [0.3, 0.4) is 0 Å². The number of aliphatic hydroxyl groups is 1. The van der Waals surface area contributed by atoms with Gasteiger partial charge in [0, 0.05) is 25.7 Å². The number of hydrogen-bond donors (Lipinski definition) is 3. The van der Waals surface area contributed by atoms with Crippen molar-refractivity contribution < 1.29 is 80.2 Å². The zero-order chi connectivity index (χ0) is 74.6. The van der Waals surface area contributed by atoms with Gasteiger partial charge in [-0.3, -0.25) is 37.3 Å². The molecular weight excluding hydrogens is 1330 g/mol. The number of phosphoric ester groups is 2. The molecule has 0 amide bonds. The molecule has 0 bridgehead atoms. The summed E-state index contributed by atoms with van der Waals surface area (Å²) in [5.41, 5.74) is 0. The Kier molecular flexibility index (Phi) is 73.6. The van der Waals surface area contributed by atoms with E-state index in [2.05, 4.69) is 76.3 Å². The summed E-state index contributed by atoms with van der Waals surface area (Å²) >= 11 is 0. The monoisotopic (exact) mass is 1480 g/mol. The fourth-order valence-electron chi connectivity index (χ4n) is 11.6. The molecule has 0 saturated heterocycles. The standard InChI is InChI=1S/C83H152O17P2/c1-5-9-13-17-21-25-29-33-36-38-41-44-47-51-55-59-63-67-80(85)93-73-78(99-82(87)69-65-61-57-53-49-43-32-28-24-20-16-12-8-4)75-97-101(89,90)95-71-77(84)72-96-102(91,92)98-76-79(100-83(88)70-66-62-58-54-50-46-40-35-31-27-23-19-15-11-7-3)74-94-81(86)68-64-60-56-52-48-45-42-39-37-34-30-26-22-18-14-10-6-2/h21,25,33,35-36,40-41,44,51,55,77-79,84H,5-20,22-24,26-32,34,37-39,42-43,45-50,52-54,56-76H2,1-4H3,(H,89,90)(H,91,92)/b25-21-,36-33-,40-35-,44-41-,55-51-/t77-,78+,79+/m0/s1. The maximum absolute atomic E-state index is 13.1. The van der Waals surface area contributed by atoms with Gasteiger partial charge in [-0.15, -0.1) is 0 Å². The second-order valence-corrected chi connectivity index (χ2v) is 31.0. The fraction of sp³-hybridized carbons (Fsp3) is 0.831. The van der Waals surface area contributed by atoms with Gasteiger partial charge in [-0.2, -0.15) is 0 Å². The molecule has 0 fully saturated rings. The lowest BCUT2D eigenvalue weighted by Gasteiger charge is -2.21. The van der Waals surface area contributed by atoms with Crippen LogP contribution in [0.5, 0.6) is 0 Å². The third-order valence-corrected chi connectivity index (χ3v) is 19.9. The van der Waals surface area contributed by atoms with Crippen molar-refractivity contribution in [2.24, 2.45) is 0 Å². The molecule has 0 rings (SSSR count). The first-order chi connectivity index (χ1) is 49.7. The molecule has 102 heavy (non-hydrogen) atoms. The highest BCUT2D eigenvalue weighted by Gasteiger charge is 2.30. The van der Waals surface area contributed by atoms with Crippen molar-refractivity contribution >= 4 is 39.5 Å². The van der Waals surface area contributed by atoms with Gasteiger partial charge < -0.3 is 33.8 Å². The number of hydrogen-bond acceptors (Lipinski definition) is 15. The Bertz CT molecular complexity index is 2170. The van der Waals surface area contributed by atoms with Crippen LogP contribution in [0.4, 0.5) is 0 Å². The van der Waals surface area contributed by atoms with E-state index in [1.807, 2.05) is 12.2 Å². The average molecular weight is 1480 g/mol. The lowest BCUT2D eigenvalue weighted by atomic mass is 10.0. The molecule has 0 aromatic rings. The molecule has 0 aliphatic rings. The lowest BCUT2D eigenvalue weighted by Crippen LogP contribution is -2.30. The number of unbranched alkanes of at least 4 members (excludes halogenated alkanes) is 43. The average Bonchev–Trinajstić information content (AvgIpc) is 0.908. The molecule has 2 unspecified atom stereocenters. The van der Waals surface area contributed by atoms with Gasteiger partial charge in [0.05, 0.1) is 26.4 Å². The van der Waals surface area contributed by atoms with E-state index >= 15 is 0 Å². The second kappa shape index (κ2) is 76.0. The van der Waals surface area contributed by atoms with E-state index in [4.69, 9.17) is 37.0 Å². The number of carbonyl (C=O) groups excluding carboxylic acids is 4. The third kappa shape index (κ3) is 75.0. The second-order valence-electron chi connectivity index (χ2n) is 28.1. The fourth-order valence-corrected chi connectivity index (χ4v) is 13.2. The molecule has 596 valence electrons. The Balaban J connectivity index is 5.35. The van der Waals surface area contributed by atoms with E-state index in [0.717, 1.165) is 109 Å². The first-order valence-corrected chi connectivity index (χ1v) is 44.5. The van der Waals surface area contributed by atoms with Gasteiger partial charge in [-0.25, -0.2) is 9.13 Å². The number of allylic oxidation sites excluding steroid dienone is 10. The molecule has 0 aromatic heterocycles. The summed E-state index contributed by atoms with van der Waals surface area (Å²) in [5.74, 6) is -2.21. The van der Waals surface area contributed by atoms with Gasteiger partial charge >= 0.3 is 39.5 Å². The number of rotatable bonds is 79. The summed E-state index contributed by atoms with van der Waals surface area (Å²) in [4.78, 5) is 73.0. The van der Waals surface area contributed by atoms with Crippen molar-refractivity contribution in [3.63, 3.8) is 0 Å². The number of ether oxygens (including phenoxy) is 4. The van der Waals surface area contributed by atoms with Gasteiger partial charge in [-0.1, -0.05) is 332 Å². The summed E-state index contributed by atoms with van der Waals surface area (Å²) in [5, 5.41) is 10.6. The molecule has 0 saturated carbocycles. The van der Waals surface area contributed by atoms with Crippen molar-refractivity contribution in [3.05, 3.63) is 60.8 Å². The van der Waals surface area contributed by atoms with Crippen LogP contribution in [0, 0.1) is 0 Å². The van der Waals surface area contributed by atoms with Gasteiger partial charge in [0.25, 0.3) is 0 Å². The van der Waals surface area contributed by atoms with Crippen molar-refractivity contribution in [1.29, 1.82) is 0 Å². The lowest BCUT2D eigenvalue weighted by molar-refractivity contribution is -0.161. The SMILES string of the molecule is CCCCC/C=C\C/C=C\C/C=C\C/C=C\CCCC(=O)OC[C@H](COP(=O)(O)OC[C@H](O)COP(=O)(O)OC[C@@H](COC(=O)CCCCCCCCCCCCCCCCCCC)OC(=O)CCCCCCC/C=C\CCCCCCCC)OC(=O)CCCCCCCCCCCCCCC. The van der Waals surface area contributed by atoms with Crippen molar-refractivity contribution in [1.82, 2.24) is 0 Å². The highest BCUT2D eigenvalue weighted by molar-refractivity contribution is 7.47. The first kappa shape index (κ1) is 98.8. The van der Waals surface area contributed by atoms with Crippen LogP contribution < -0.4 is 0 Å². The van der Waals surface area contributed by atoms with E-state index in [1.54, 1.807) is 0 Å². The van der Waals surface area contributed by atoms with Crippen LogP contribution >= 0.6 is 15.6 Å². The molecule has 19 heteroatoms. The molecule has 0 radical (unpaired) electrons. The Morgan fingerprint density at radius 3 is 0.804 bits per heavy atom. The molecule has 0 spiro atoms. The first-order valence-electron chi connectivity index (χ1n) is 41.5. The summed E-state index contributed by atoms with van der Waals surface area (Å²) in [6.45, 7) is 4.86. The quantitative estimate of drug-likeness (QED) is 0.0169. The molecule has 0 aromatic carbocycles.